The molecule has 0 atom stereocenters. The van der Waals surface area contributed by atoms with Crippen LogP contribution in [-0.2, 0) is 4.74 Å². The van der Waals surface area contributed by atoms with E-state index >= 15 is 0 Å². The lowest BCUT2D eigenvalue weighted by molar-refractivity contribution is 0.0765. The highest BCUT2D eigenvalue weighted by Crippen LogP contribution is 1.99. The molecule has 4 heteroatoms. The van der Waals surface area contributed by atoms with Crippen molar-refractivity contribution < 1.29 is 4.74 Å². The quantitative estimate of drug-likeness (QED) is 0.698. The van der Waals surface area contributed by atoms with Crippen LogP contribution in [-0.4, -0.2) is 29.5 Å². The van der Waals surface area contributed by atoms with Crippen molar-refractivity contribution in [2.45, 2.75) is 32.8 Å². The van der Waals surface area contributed by atoms with Gasteiger partial charge in [0.1, 0.15) is 5.82 Å². The molecule has 1 aromatic heterocycles. The molecule has 1 heterocycles. The molecule has 0 aromatic carbocycles. The maximum atomic E-state index is 5.44. The van der Waals surface area contributed by atoms with E-state index in [1.54, 1.807) is 6.20 Å². The molecule has 0 spiro atoms. The molecular weight excluding hydrogens is 190 g/mol. The van der Waals surface area contributed by atoms with E-state index in [9.17, 15) is 0 Å². The third-order valence-electron chi connectivity index (χ3n) is 1.90. The monoisotopic (exact) mass is 209 g/mol. The molecule has 0 radical (unpaired) electrons. The predicted octanol–water partition coefficient (Wildman–Crippen LogP) is 2.09. The zero-order valence-electron chi connectivity index (χ0n) is 9.44. The number of unbranched alkanes of at least 4 members (excludes halogenated alkanes) is 1. The topological polar surface area (TPSA) is 47.0 Å². The average Bonchev–Trinajstić information content (AvgIpc) is 2.24. The first-order valence-electron chi connectivity index (χ1n) is 5.42. The molecule has 0 saturated carbocycles. The number of nitrogens with one attached hydrogen (secondary N) is 1. The lowest BCUT2D eigenvalue weighted by Gasteiger charge is -2.07. The van der Waals surface area contributed by atoms with Crippen LogP contribution < -0.4 is 5.32 Å². The summed E-state index contributed by atoms with van der Waals surface area (Å²) in [5.41, 5.74) is 0. The Balaban J connectivity index is 1.98. The largest absolute Gasteiger partial charge is 0.379 e. The van der Waals surface area contributed by atoms with Gasteiger partial charge in [0.15, 0.2) is 0 Å². The van der Waals surface area contributed by atoms with Gasteiger partial charge in [-0.15, -0.1) is 5.10 Å². The van der Waals surface area contributed by atoms with Crippen LogP contribution in [0.4, 0.5) is 5.82 Å². The van der Waals surface area contributed by atoms with Gasteiger partial charge in [-0.1, -0.05) is 0 Å². The van der Waals surface area contributed by atoms with Crippen molar-refractivity contribution in [2.75, 3.05) is 18.5 Å². The van der Waals surface area contributed by atoms with Crippen molar-refractivity contribution in [1.82, 2.24) is 10.2 Å². The highest BCUT2D eigenvalue weighted by atomic mass is 16.5. The summed E-state index contributed by atoms with van der Waals surface area (Å²) in [6, 6.07) is 3.79. The number of hydrogen-bond donors (Lipinski definition) is 1. The summed E-state index contributed by atoms with van der Waals surface area (Å²) in [6.45, 7) is 5.86. The van der Waals surface area contributed by atoms with E-state index in [0.717, 1.165) is 31.8 Å². The Morgan fingerprint density at radius 3 is 2.93 bits per heavy atom. The zero-order valence-corrected chi connectivity index (χ0v) is 9.44. The molecule has 0 aliphatic rings. The SMILES string of the molecule is CC(C)OCCCCNc1cccnn1. The van der Waals surface area contributed by atoms with Crippen molar-refractivity contribution in [3.05, 3.63) is 18.3 Å². The molecule has 84 valence electrons. The third-order valence-corrected chi connectivity index (χ3v) is 1.90. The molecule has 1 N–H and O–H groups in total. The van der Waals surface area contributed by atoms with Crippen LogP contribution in [0.2, 0.25) is 0 Å². The Hall–Kier alpha value is -1.16. The fourth-order valence-electron chi connectivity index (χ4n) is 1.16. The Morgan fingerprint density at radius 1 is 1.40 bits per heavy atom. The van der Waals surface area contributed by atoms with Crippen molar-refractivity contribution in [1.29, 1.82) is 0 Å². The Morgan fingerprint density at radius 2 is 2.27 bits per heavy atom. The van der Waals surface area contributed by atoms with Gasteiger partial charge in [0, 0.05) is 19.3 Å². The van der Waals surface area contributed by atoms with Crippen LogP contribution >= 0.6 is 0 Å². The summed E-state index contributed by atoms with van der Waals surface area (Å²) in [6.07, 6.45) is 4.16. The molecule has 1 aromatic rings. The summed E-state index contributed by atoms with van der Waals surface area (Å²) in [4.78, 5) is 0. The van der Waals surface area contributed by atoms with Crippen LogP contribution in [0, 0.1) is 0 Å². The summed E-state index contributed by atoms with van der Waals surface area (Å²) < 4.78 is 5.44. The molecule has 0 amide bonds. The highest BCUT2D eigenvalue weighted by molar-refractivity contribution is 5.30. The smallest absolute Gasteiger partial charge is 0.148 e. The summed E-state index contributed by atoms with van der Waals surface area (Å²) >= 11 is 0. The van der Waals surface area contributed by atoms with Crippen molar-refractivity contribution in [3.8, 4) is 0 Å². The lowest BCUT2D eigenvalue weighted by atomic mass is 10.3. The fourth-order valence-corrected chi connectivity index (χ4v) is 1.16. The zero-order chi connectivity index (χ0) is 10.9. The molecule has 15 heavy (non-hydrogen) atoms. The minimum absolute atomic E-state index is 0.331. The van der Waals surface area contributed by atoms with Crippen molar-refractivity contribution >= 4 is 5.82 Å². The number of nitrogens with zero attached hydrogens (tertiary/aromatic N) is 2. The minimum Gasteiger partial charge on any atom is -0.379 e. The number of ether oxygens (including phenoxy) is 1. The Bertz CT molecular complexity index is 251. The predicted molar refractivity (Wildman–Crippen MR) is 60.8 cm³/mol. The Kier molecular flexibility index (Phi) is 5.70. The molecular formula is C11H19N3O. The van der Waals surface area contributed by atoms with Gasteiger partial charge in [0.2, 0.25) is 0 Å². The molecule has 0 fully saturated rings. The first kappa shape index (κ1) is 11.9. The van der Waals surface area contributed by atoms with E-state index in [-0.39, 0.29) is 0 Å². The van der Waals surface area contributed by atoms with Gasteiger partial charge < -0.3 is 10.1 Å². The van der Waals surface area contributed by atoms with Crippen molar-refractivity contribution in [2.24, 2.45) is 0 Å². The van der Waals surface area contributed by atoms with Crippen LogP contribution in [0.5, 0.6) is 0 Å². The number of hydrogen-bond acceptors (Lipinski definition) is 4. The van der Waals surface area contributed by atoms with Gasteiger partial charge in [-0.2, -0.15) is 5.10 Å². The first-order chi connectivity index (χ1) is 7.29. The second kappa shape index (κ2) is 7.17. The van der Waals surface area contributed by atoms with Gasteiger partial charge in [0.25, 0.3) is 0 Å². The number of rotatable bonds is 7. The first-order valence-corrected chi connectivity index (χ1v) is 5.42. The summed E-state index contributed by atoms with van der Waals surface area (Å²) in [5, 5.41) is 10.9. The van der Waals surface area contributed by atoms with E-state index in [1.165, 1.54) is 0 Å². The van der Waals surface area contributed by atoms with E-state index in [2.05, 4.69) is 29.4 Å². The normalized spacial score (nSPS) is 10.6. The van der Waals surface area contributed by atoms with Gasteiger partial charge in [0.05, 0.1) is 6.10 Å². The van der Waals surface area contributed by atoms with E-state index in [1.807, 2.05) is 12.1 Å². The second-order valence-corrected chi connectivity index (χ2v) is 3.66. The van der Waals surface area contributed by atoms with Gasteiger partial charge in [-0.3, -0.25) is 0 Å². The van der Waals surface area contributed by atoms with Gasteiger partial charge >= 0.3 is 0 Å². The summed E-state index contributed by atoms with van der Waals surface area (Å²) in [5.74, 6) is 0.835. The number of anilines is 1. The standard InChI is InChI=1S/C11H19N3O/c1-10(2)15-9-4-3-7-12-11-6-5-8-13-14-11/h5-6,8,10H,3-4,7,9H2,1-2H3,(H,12,14). The fraction of sp³-hybridized carbons (Fsp3) is 0.636. The molecule has 0 unspecified atom stereocenters. The second-order valence-electron chi connectivity index (χ2n) is 3.66. The van der Waals surface area contributed by atoms with Crippen LogP contribution in [0.3, 0.4) is 0 Å². The average molecular weight is 209 g/mol. The molecule has 1 rings (SSSR count). The molecule has 0 saturated heterocycles. The van der Waals surface area contributed by atoms with Gasteiger partial charge in [-0.05, 0) is 38.8 Å². The highest BCUT2D eigenvalue weighted by Gasteiger charge is 1.94. The molecule has 4 nitrogen and oxygen atoms in total. The lowest BCUT2D eigenvalue weighted by Crippen LogP contribution is -2.07. The van der Waals surface area contributed by atoms with Crippen LogP contribution in [0.1, 0.15) is 26.7 Å². The van der Waals surface area contributed by atoms with E-state index in [0.29, 0.717) is 6.10 Å². The van der Waals surface area contributed by atoms with Crippen LogP contribution in [0.15, 0.2) is 18.3 Å². The van der Waals surface area contributed by atoms with E-state index < -0.39 is 0 Å². The molecule has 0 bridgehead atoms. The van der Waals surface area contributed by atoms with E-state index in [4.69, 9.17) is 4.74 Å². The summed E-state index contributed by atoms with van der Waals surface area (Å²) in [7, 11) is 0. The van der Waals surface area contributed by atoms with Gasteiger partial charge in [-0.25, -0.2) is 0 Å². The molecule has 0 aliphatic heterocycles. The minimum atomic E-state index is 0.331. The maximum absolute atomic E-state index is 5.44. The maximum Gasteiger partial charge on any atom is 0.148 e. The Labute approximate surface area is 91.1 Å². The van der Waals surface area contributed by atoms with Crippen molar-refractivity contribution in [3.63, 3.8) is 0 Å². The molecule has 0 aliphatic carbocycles. The van der Waals surface area contributed by atoms with Crippen LogP contribution in [0.25, 0.3) is 0 Å². The third kappa shape index (κ3) is 6.01. The number of aromatic nitrogens is 2.